The third-order valence-electron chi connectivity index (χ3n) is 9.53. The lowest BCUT2D eigenvalue weighted by Crippen LogP contribution is -2.29. The molecule has 0 rings (SSSR count). The van der Waals surface area contributed by atoms with E-state index in [-0.39, 0.29) is 38.6 Å². The standard InChI is InChI=1S/C45H84NO8P/c1-3-5-7-9-11-12-13-14-15-16-17-18-19-20-21-22-23-24-25-26-27-28-29-30-32-34-36-38-45(48)54-43(42-53-55(49,50)52-40-39-46)41-51-44(47)37-35-33-31-10-8-6-4-2/h13-14,16-17,19-20,43H,3-12,15,18,21-42,46H2,1-2H3,(H,49,50)/b14-13-,17-16-,20-19-. The number of phosphoric ester groups is 1. The summed E-state index contributed by atoms with van der Waals surface area (Å²) in [6.45, 7) is 3.67. The van der Waals surface area contributed by atoms with Crippen molar-refractivity contribution in [1.82, 2.24) is 0 Å². The molecule has 322 valence electrons. The van der Waals surface area contributed by atoms with Crippen LogP contribution in [0.2, 0.25) is 0 Å². The van der Waals surface area contributed by atoms with Gasteiger partial charge in [0.05, 0.1) is 13.2 Å². The summed E-state index contributed by atoms with van der Waals surface area (Å²) in [7, 11) is -4.37. The monoisotopic (exact) mass is 798 g/mol. The predicted molar refractivity (Wildman–Crippen MR) is 229 cm³/mol. The van der Waals surface area contributed by atoms with Crippen LogP contribution in [0.15, 0.2) is 36.5 Å². The predicted octanol–water partition coefficient (Wildman–Crippen LogP) is 12.9. The molecule has 55 heavy (non-hydrogen) atoms. The van der Waals surface area contributed by atoms with Crippen molar-refractivity contribution in [1.29, 1.82) is 0 Å². The Kier molecular flexibility index (Phi) is 40.5. The average Bonchev–Trinajstić information content (AvgIpc) is 3.17. The Bertz CT molecular complexity index is 1000. The van der Waals surface area contributed by atoms with Crippen molar-refractivity contribution in [2.24, 2.45) is 5.73 Å². The van der Waals surface area contributed by atoms with E-state index in [1.807, 2.05) is 0 Å². The quantitative estimate of drug-likeness (QED) is 0.0268. The van der Waals surface area contributed by atoms with Gasteiger partial charge in [0, 0.05) is 19.4 Å². The highest BCUT2D eigenvalue weighted by atomic mass is 31.2. The van der Waals surface area contributed by atoms with Gasteiger partial charge in [0.2, 0.25) is 0 Å². The Morgan fingerprint density at radius 2 is 0.945 bits per heavy atom. The molecule has 9 nitrogen and oxygen atoms in total. The molecule has 0 aromatic rings. The van der Waals surface area contributed by atoms with E-state index in [4.69, 9.17) is 24.3 Å². The maximum absolute atomic E-state index is 12.6. The molecule has 0 spiro atoms. The Hall–Kier alpha value is -1.77. The number of hydrogen-bond acceptors (Lipinski definition) is 8. The minimum Gasteiger partial charge on any atom is -0.462 e. The second-order valence-electron chi connectivity index (χ2n) is 14.9. The number of hydrogen-bond donors (Lipinski definition) is 2. The molecule has 0 aromatic heterocycles. The minimum atomic E-state index is -4.37. The van der Waals surface area contributed by atoms with Crippen molar-refractivity contribution < 1.29 is 37.6 Å². The molecule has 0 radical (unpaired) electrons. The number of phosphoric acid groups is 1. The van der Waals surface area contributed by atoms with Crippen LogP contribution in [-0.2, 0) is 32.7 Å². The molecule has 0 amide bonds. The van der Waals surface area contributed by atoms with Crippen LogP contribution in [0.4, 0.5) is 0 Å². The maximum Gasteiger partial charge on any atom is 0.472 e. The van der Waals surface area contributed by atoms with Gasteiger partial charge in [-0.05, 0) is 51.4 Å². The number of allylic oxidation sites excluding steroid dienone is 6. The topological polar surface area (TPSA) is 134 Å². The van der Waals surface area contributed by atoms with Crippen molar-refractivity contribution in [2.45, 2.75) is 213 Å². The van der Waals surface area contributed by atoms with Gasteiger partial charge < -0.3 is 20.1 Å². The molecule has 0 aliphatic rings. The van der Waals surface area contributed by atoms with Crippen LogP contribution >= 0.6 is 7.82 Å². The number of rotatable bonds is 42. The zero-order chi connectivity index (χ0) is 40.3. The van der Waals surface area contributed by atoms with Gasteiger partial charge in [-0.15, -0.1) is 0 Å². The van der Waals surface area contributed by atoms with E-state index in [2.05, 4.69) is 50.3 Å². The van der Waals surface area contributed by atoms with Gasteiger partial charge in [-0.25, -0.2) is 4.57 Å². The number of esters is 2. The van der Waals surface area contributed by atoms with E-state index in [9.17, 15) is 19.0 Å². The lowest BCUT2D eigenvalue weighted by atomic mass is 10.0. The zero-order valence-corrected chi connectivity index (χ0v) is 36.3. The van der Waals surface area contributed by atoms with Crippen molar-refractivity contribution in [3.63, 3.8) is 0 Å². The molecular weight excluding hydrogens is 713 g/mol. The Morgan fingerprint density at radius 3 is 1.40 bits per heavy atom. The normalized spacial score (nSPS) is 13.6. The molecule has 0 fully saturated rings. The SMILES string of the molecule is CCCCCCC/C=C\C/C=C\C/C=C\CCCCCCCCCCCCCCC(=O)OC(COC(=O)CCCCCCCCC)COP(=O)(O)OCCN. The van der Waals surface area contributed by atoms with Gasteiger partial charge in [0.1, 0.15) is 6.61 Å². The van der Waals surface area contributed by atoms with Crippen LogP contribution in [0.25, 0.3) is 0 Å². The lowest BCUT2D eigenvalue weighted by molar-refractivity contribution is -0.161. The van der Waals surface area contributed by atoms with Gasteiger partial charge in [-0.3, -0.25) is 18.6 Å². The Morgan fingerprint density at radius 1 is 0.545 bits per heavy atom. The van der Waals surface area contributed by atoms with E-state index >= 15 is 0 Å². The Labute approximate surface area is 337 Å². The highest BCUT2D eigenvalue weighted by Gasteiger charge is 2.26. The first-order chi connectivity index (χ1) is 26.8. The first-order valence-electron chi connectivity index (χ1n) is 22.5. The molecule has 0 aromatic carbocycles. The van der Waals surface area contributed by atoms with E-state index in [0.717, 1.165) is 51.4 Å². The number of ether oxygens (including phenoxy) is 2. The first kappa shape index (κ1) is 53.2. The van der Waals surface area contributed by atoms with Crippen LogP contribution in [0.3, 0.4) is 0 Å². The number of carbonyl (C=O) groups excluding carboxylic acids is 2. The largest absolute Gasteiger partial charge is 0.472 e. The van der Waals surface area contributed by atoms with Gasteiger partial charge in [-0.2, -0.15) is 0 Å². The first-order valence-corrected chi connectivity index (χ1v) is 24.0. The highest BCUT2D eigenvalue weighted by Crippen LogP contribution is 2.43. The van der Waals surface area contributed by atoms with E-state index in [1.54, 1.807) is 0 Å². The second kappa shape index (κ2) is 41.9. The molecule has 10 heteroatoms. The van der Waals surface area contributed by atoms with Gasteiger partial charge in [0.15, 0.2) is 6.10 Å². The third-order valence-corrected chi connectivity index (χ3v) is 10.5. The fourth-order valence-electron chi connectivity index (χ4n) is 6.17. The molecule has 0 bridgehead atoms. The summed E-state index contributed by atoms with van der Waals surface area (Å²) in [5.41, 5.74) is 5.33. The van der Waals surface area contributed by atoms with Crippen LogP contribution in [-0.4, -0.2) is 49.3 Å². The summed E-state index contributed by atoms with van der Waals surface area (Å²) < 4.78 is 32.6. The Balaban J connectivity index is 3.93. The number of unbranched alkanes of at least 4 members (excludes halogenated alkanes) is 23. The zero-order valence-electron chi connectivity index (χ0n) is 35.4. The molecule has 0 saturated carbocycles. The van der Waals surface area contributed by atoms with Crippen LogP contribution in [0, 0.1) is 0 Å². The lowest BCUT2D eigenvalue weighted by Gasteiger charge is -2.19. The van der Waals surface area contributed by atoms with Crippen LogP contribution in [0.5, 0.6) is 0 Å². The van der Waals surface area contributed by atoms with Crippen molar-refractivity contribution >= 4 is 19.8 Å². The fourth-order valence-corrected chi connectivity index (χ4v) is 6.94. The molecule has 2 unspecified atom stereocenters. The number of carbonyl (C=O) groups is 2. The van der Waals surface area contributed by atoms with Crippen molar-refractivity contribution in [3.8, 4) is 0 Å². The third kappa shape index (κ3) is 41.7. The maximum atomic E-state index is 12.6. The second-order valence-corrected chi connectivity index (χ2v) is 16.4. The van der Waals surface area contributed by atoms with Crippen molar-refractivity contribution in [3.05, 3.63) is 36.5 Å². The van der Waals surface area contributed by atoms with Crippen molar-refractivity contribution in [2.75, 3.05) is 26.4 Å². The number of nitrogens with two attached hydrogens (primary N) is 1. The average molecular weight is 798 g/mol. The van der Waals surface area contributed by atoms with Crippen LogP contribution in [0.1, 0.15) is 206 Å². The summed E-state index contributed by atoms with van der Waals surface area (Å²) in [5, 5.41) is 0. The summed E-state index contributed by atoms with van der Waals surface area (Å²) in [5.74, 6) is -0.834. The van der Waals surface area contributed by atoms with Gasteiger partial charge in [-0.1, -0.05) is 179 Å². The summed E-state index contributed by atoms with van der Waals surface area (Å²) >= 11 is 0. The fraction of sp³-hybridized carbons (Fsp3) is 0.822. The molecule has 0 aliphatic heterocycles. The van der Waals surface area contributed by atoms with E-state index in [1.165, 1.54) is 122 Å². The molecule has 0 heterocycles. The van der Waals surface area contributed by atoms with E-state index < -0.39 is 26.5 Å². The molecule has 2 atom stereocenters. The van der Waals surface area contributed by atoms with E-state index in [0.29, 0.717) is 6.42 Å². The summed E-state index contributed by atoms with van der Waals surface area (Å²) in [6.07, 6.45) is 46.4. The smallest absolute Gasteiger partial charge is 0.462 e. The summed E-state index contributed by atoms with van der Waals surface area (Å²) in [4.78, 5) is 34.7. The summed E-state index contributed by atoms with van der Waals surface area (Å²) in [6, 6.07) is 0. The molecule has 0 aliphatic carbocycles. The van der Waals surface area contributed by atoms with Gasteiger partial charge in [0.25, 0.3) is 0 Å². The molecular formula is C45H84NO8P. The van der Waals surface area contributed by atoms with Crippen LogP contribution < -0.4 is 5.73 Å². The minimum absolute atomic E-state index is 0.0537. The highest BCUT2D eigenvalue weighted by molar-refractivity contribution is 7.47. The molecule has 0 saturated heterocycles. The van der Waals surface area contributed by atoms with Gasteiger partial charge >= 0.3 is 19.8 Å². The molecule has 3 N–H and O–H groups in total.